The molecule has 2 aromatic rings. The fraction of sp³-hybridized carbons (Fsp3) is 0.125. The van der Waals surface area contributed by atoms with E-state index in [1.165, 1.54) is 5.69 Å². The van der Waals surface area contributed by atoms with Crippen molar-refractivity contribution in [3.8, 4) is 0 Å². The van der Waals surface area contributed by atoms with Crippen LogP contribution in [0.3, 0.4) is 0 Å². The van der Waals surface area contributed by atoms with Crippen LogP contribution < -0.4 is 4.90 Å². The van der Waals surface area contributed by atoms with Gasteiger partial charge in [0.1, 0.15) is 0 Å². The summed E-state index contributed by atoms with van der Waals surface area (Å²) in [6.07, 6.45) is 3.47. The van der Waals surface area contributed by atoms with Gasteiger partial charge in [-0.1, -0.05) is 46.3 Å². The molecule has 0 spiro atoms. The summed E-state index contributed by atoms with van der Waals surface area (Å²) >= 11 is 3.47. The molecule has 0 bridgehead atoms. The third kappa shape index (κ3) is 4.03. The highest BCUT2D eigenvalue weighted by atomic mass is 79.9. The number of hydrogen-bond acceptors (Lipinski definition) is 3. The number of nitrogens with zero attached hydrogens (tertiary/aromatic N) is 3. The first-order valence-corrected chi connectivity index (χ1v) is 7.04. The quantitative estimate of drug-likeness (QED) is 0.616. The molecule has 0 amide bonds. The Bertz CT molecular complexity index is 616. The Morgan fingerprint density at radius 2 is 1.55 bits per heavy atom. The highest BCUT2D eigenvalue weighted by Crippen LogP contribution is 2.13. The Kier molecular flexibility index (Phi) is 5.07. The van der Waals surface area contributed by atoms with Gasteiger partial charge in [0.15, 0.2) is 0 Å². The molecule has 0 radical (unpaired) electrons. The lowest BCUT2D eigenvalue weighted by Gasteiger charge is -2.11. The normalized spacial score (nSPS) is 11.3. The number of anilines is 1. The van der Waals surface area contributed by atoms with Crippen molar-refractivity contribution in [3.05, 3.63) is 64.1 Å². The summed E-state index contributed by atoms with van der Waals surface area (Å²) in [4.78, 5) is 2.06. The summed E-state index contributed by atoms with van der Waals surface area (Å²) < 4.78 is 1.01. The first-order valence-electron chi connectivity index (χ1n) is 6.25. The molecule has 0 fully saturated rings. The minimum Gasteiger partial charge on any atom is -0.378 e. The van der Waals surface area contributed by atoms with Crippen LogP contribution in [0.15, 0.2) is 63.2 Å². The summed E-state index contributed by atoms with van der Waals surface area (Å²) in [6, 6.07) is 16.0. The van der Waals surface area contributed by atoms with E-state index >= 15 is 0 Å². The van der Waals surface area contributed by atoms with E-state index in [1.54, 1.807) is 12.4 Å². The van der Waals surface area contributed by atoms with Crippen molar-refractivity contribution in [1.82, 2.24) is 0 Å². The van der Waals surface area contributed by atoms with Gasteiger partial charge in [0.2, 0.25) is 0 Å². The highest BCUT2D eigenvalue weighted by molar-refractivity contribution is 9.10. The predicted molar refractivity (Wildman–Crippen MR) is 90.1 cm³/mol. The third-order valence-corrected chi connectivity index (χ3v) is 3.51. The zero-order chi connectivity index (χ0) is 14.4. The summed E-state index contributed by atoms with van der Waals surface area (Å²) in [5.41, 5.74) is 3.20. The molecule has 0 aliphatic carbocycles. The average Bonchev–Trinajstić information content (AvgIpc) is 2.46. The monoisotopic (exact) mass is 329 g/mol. The molecule has 3 nitrogen and oxygen atoms in total. The summed E-state index contributed by atoms with van der Waals surface area (Å²) in [6.45, 7) is 0. The van der Waals surface area contributed by atoms with Crippen molar-refractivity contribution >= 4 is 34.0 Å². The lowest BCUT2D eigenvalue weighted by Crippen LogP contribution is -2.08. The minimum absolute atomic E-state index is 1.01. The Labute approximate surface area is 127 Å². The van der Waals surface area contributed by atoms with Gasteiger partial charge in [0.05, 0.1) is 12.4 Å². The van der Waals surface area contributed by atoms with Gasteiger partial charge in [-0.15, -0.1) is 0 Å². The van der Waals surface area contributed by atoms with E-state index in [2.05, 4.69) is 43.2 Å². The average molecular weight is 330 g/mol. The van der Waals surface area contributed by atoms with E-state index in [9.17, 15) is 0 Å². The summed E-state index contributed by atoms with van der Waals surface area (Å²) in [7, 11) is 4.04. The fourth-order valence-electron chi connectivity index (χ4n) is 1.63. The maximum absolute atomic E-state index is 4.06. The van der Waals surface area contributed by atoms with Crippen LogP contribution in [0.4, 0.5) is 5.69 Å². The Morgan fingerprint density at radius 1 is 0.900 bits per heavy atom. The van der Waals surface area contributed by atoms with E-state index in [4.69, 9.17) is 0 Å². The Balaban J connectivity index is 2.01. The van der Waals surface area contributed by atoms with Gasteiger partial charge < -0.3 is 4.90 Å². The topological polar surface area (TPSA) is 28.0 Å². The van der Waals surface area contributed by atoms with Crippen LogP contribution in [-0.2, 0) is 0 Å². The molecule has 0 saturated carbocycles. The fourth-order valence-corrected chi connectivity index (χ4v) is 2.02. The molecule has 2 aromatic carbocycles. The largest absolute Gasteiger partial charge is 0.378 e. The van der Waals surface area contributed by atoms with E-state index in [0.29, 0.717) is 0 Å². The van der Waals surface area contributed by atoms with Gasteiger partial charge in [-0.2, -0.15) is 10.2 Å². The van der Waals surface area contributed by atoms with Gasteiger partial charge in [-0.05, 0) is 23.8 Å². The molecule has 2 rings (SSSR count). The Morgan fingerprint density at radius 3 is 2.20 bits per heavy atom. The van der Waals surface area contributed by atoms with Crippen LogP contribution in [0.25, 0.3) is 0 Å². The Hall–Kier alpha value is -1.94. The van der Waals surface area contributed by atoms with Gasteiger partial charge in [-0.25, -0.2) is 0 Å². The molecular weight excluding hydrogens is 314 g/mol. The second-order valence-corrected chi connectivity index (χ2v) is 5.35. The van der Waals surface area contributed by atoms with Crippen LogP contribution in [-0.4, -0.2) is 26.5 Å². The zero-order valence-electron chi connectivity index (χ0n) is 11.5. The number of benzene rings is 2. The first-order chi connectivity index (χ1) is 9.66. The molecule has 0 aromatic heterocycles. The SMILES string of the molecule is CN(C)c1ccc(/C=N/N=C/c2ccccc2Br)cc1. The molecule has 4 heteroatoms. The minimum atomic E-state index is 1.01. The van der Waals surface area contributed by atoms with E-state index < -0.39 is 0 Å². The first kappa shape index (κ1) is 14.5. The maximum atomic E-state index is 4.06. The van der Waals surface area contributed by atoms with Crippen LogP contribution in [0.5, 0.6) is 0 Å². The van der Waals surface area contributed by atoms with Crippen molar-refractivity contribution in [3.63, 3.8) is 0 Å². The molecule has 0 aliphatic heterocycles. The number of hydrogen-bond donors (Lipinski definition) is 0. The lowest BCUT2D eigenvalue weighted by atomic mass is 10.2. The second-order valence-electron chi connectivity index (χ2n) is 4.50. The second kappa shape index (κ2) is 7.01. The lowest BCUT2D eigenvalue weighted by molar-refractivity contribution is 1.13. The van der Waals surface area contributed by atoms with Crippen molar-refractivity contribution in [1.29, 1.82) is 0 Å². The predicted octanol–water partition coefficient (Wildman–Crippen LogP) is 3.97. The molecule has 102 valence electrons. The third-order valence-electron chi connectivity index (χ3n) is 2.79. The van der Waals surface area contributed by atoms with Crippen molar-refractivity contribution in [2.75, 3.05) is 19.0 Å². The smallest absolute Gasteiger partial charge is 0.0579 e. The standard InChI is InChI=1S/C16H16BrN3/c1-20(2)15-9-7-13(8-10-15)11-18-19-12-14-5-3-4-6-16(14)17/h3-12H,1-2H3/b18-11+,19-12+. The molecule has 0 atom stereocenters. The molecule has 20 heavy (non-hydrogen) atoms. The molecule has 0 heterocycles. The van der Waals surface area contributed by atoms with Crippen LogP contribution in [0.1, 0.15) is 11.1 Å². The maximum Gasteiger partial charge on any atom is 0.0579 e. The van der Waals surface area contributed by atoms with Crippen molar-refractivity contribution < 1.29 is 0 Å². The number of halogens is 1. The van der Waals surface area contributed by atoms with Crippen molar-refractivity contribution in [2.24, 2.45) is 10.2 Å². The van der Waals surface area contributed by atoms with E-state index in [1.807, 2.05) is 50.5 Å². The molecule has 0 unspecified atom stereocenters. The van der Waals surface area contributed by atoms with Gasteiger partial charge in [0.25, 0.3) is 0 Å². The van der Waals surface area contributed by atoms with Gasteiger partial charge in [0, 0.05) is 29.8 Å². The van der Waals surface area contributed by atoms with Gasteiger partial charge in [-0.3, -0.25) is 0 Å². The summed E-state index contributed by atoms with van der Waals surface area (Å²) in [5, 5.41) is 8.12. The van der Waals surface area contributed by atoms with Crippen molar-refractivity contribution in [2.45, 2.75) is 0 Å². The van der Waals surface area contributed by atoms with Crippen LogP contribution in [0, 0.1) is 0 Å². The van der Waals surface area contributed by atoms with Gasteiger partial charge >= 0.3 is 0 Å². The summed E-state index contributed by atoms with van der Waals surface area (Å²) in [5.74, 6) is 0. The number of rotatable bonds is 4. The van der Waals surface area contributed by atoms with E-state index in [0.717, 1.165) is 15.6 Å². The van der Waals surface area contributed by atoms with Crippen LogP contribution >= 0.6 is 15.9 Å². The molecular formula is C16H16BrN3. The molecule has 0 saturated heterocycles. The molecule has 0 aliphatic rings. The highest BCUT2D eigenvalue weighted by Gasteiger charge is 1.94. The van der Waals surface area contributed by atoms with E-state index in [-0.39, 0.29) is 0 Å². The zero-order valence-corrected chi connectivity index (χ0v) is 13.1. The van der Waals surface area contributed by atoms with Crippen LogP contribution in [0.2, 0.25) is 0 Å². The molecule has 0 N–H and O–H groups in total.